The lowest BCUT2D eigenvalue weighted by Crippen LogP contribution is -2.31. The van der Waals surface area contributed by atoms with Gasteiger partial charge in [-0.05, 0) is 56.9 Å². The van der Waals surface area contributed by atoms with Crippen molar-refractivity contribution < 1.29 is 14.3 Å². The van der Waals surface area contributed by atoms with E-state index in [4.69, 9.17) is 14.7 Å². The van der Waals surface area contributed by atoms with E-state index in [-0.39, 0.29) is 12.1 Å². The fourth-order valence-corrected chi connectivity index (χ4v) is 2.30. The van der Waals surface area contributed by atoms with E-state index in [0.717, 1.165) is 25.7 Å². The molecule has 1 aromatic carbocycles. The van der Waals surface area contributed by atoms with Crippen LogP contribution in [0.1, 0.15) is 44.6 Å². The van der Waals surface area contributed by atoms with Gasteiger partial charge in [-0.3, -0.25) is 0 Å². The van der Waals surface area contributed by atoms with E-state index in [2.05, 4.69) is 0 Å². The molecule has 4 nitrogen and oxygen atoms in total. The number of nitriles is 1. The number of hydrogen-bond acceptors (Lipinski definition) is 4. The highest BCUT2D eigenvalue weighted by molar-refractivity contribution is 5.74. The van der Waals surface area contributed by atoms with Crippen molar-refractivity contribution in [1.29, 1.82) is 5.26 Å². The average molecular weight is 273 g/mol. The Hall–Kier alpha value is -2.02. The van der Waals surface area contributed by atoms with Crippen LogP contribution >= 0.6 is 0 Å². The Morgan fingerprint density at radius 2 is 1.90 bits per heavy atom. The van der Waals surface area contributed by atoms with Gasteiger partial charge in [-0.1, -0.05) is 6.42 Å². The van der Waals surface area contributed by atoms with Gasteiger partial charge in [-0.2, -0.15) is 5.26 Å². The lowest BCUT2D eigenvalue weighted by atomic mass is 9.98. The van der Waals surface area contributed by atoms with Crippen molar-refractivity contribution in [3.05, 3.63) is 29.8 Å². The van der Waals surface area contributed by atoms with Gasteiger partial charge >= 0.3 is 5.97 Å². The zero-order valence-corrected chi connectivity index (χ0v) is 11.7. The minimum atomic E-state index is -0.634. The maximum Gasteiger partial charge on any atom is 0.347 e. The Bertz CT molecular complexity index is 483. The van der Waals surface area contributed by atoms with E-state index in [0.29, 0.717) is 11.3 Å². The van der Waals surface area contributed by atoms with Crippen LogP contribution in [0.4, 0.5) is 0 Å². The van der Waals surface area contributed by atoms with Gasteiger partial charge in [0.05, 0.1) is 11.6 Å². The highest BCUT2D eigenvalue weighted by Crippen LogP contribution is 2.21. The number of hydrogen-bond donors (Lipinski definition) is 0. The number of rotatable bonds is 4. The summed E-state index contributed by atoms with van der Waals surface area (Å²) in [5.41, 5.74) is 0.565. The van der Waals surface area contributed by atoms with Gasteiger partial charge in [0.1, 0.15) is 11.9 Å². The van der Waals surface area contributed by atoms with Gasteiger partial charge in [0.15, 0.2) is 6.10 Å². The van der Waals surface area contributed by atoms with Crippen molar-refractivity contribution in [2.75, 3.05) is 0 Å². The largest absolute Gasteiger partial charge is 0.479 e. The molecule has 1 unspecified atom stereocenters. The Balaban J connectivity index is 1.84. The number of ether oxygens (including phenoxy) is 2. The smallest absolute Gasteiger partial charge is 0.347 e. The fraction of sp³-hybridized carbons (Fsp3) is 0.500. The molecule has 106 valence electrons. The molecular weight excluding hydrogens is 254 g/mol. The summed E-state index contributed by atoms with van der Waals surface area (Å²) in [6.07, 6.45) is 4.80. The Morgan fingerprint density at radius 1 is 1.25 bits per heavy atom. The fourth-order valence-electron chi connectivity index (χ4n) is 2.30. The number of carbonyl (C=O) groups is 1. The van der Waals surface area contributed by atoms with E-state index >= 15 is 0 Å². The summed E-state index contributed by atoms with van der Waals surface area (Å²) in [4.78, 5) is 11.9. The average Bonchev–Trinajstić information content (AvgIpc) is 2.49. The predicted octanol–water partition coefficient (Wildman–Crippen LogP) is 3.20. The van der Waals surface area contributed by atoms with Gasteiger partial charge in [0.25, 0.3) is 0 Å². The predicted molar refractivity (Wildman–Crippen MR) is 74.2 cm³/mol. The van der Waals surface area contributed by atoms with Crippen LogP contribution in [0.5, 0.6) is 5.75 Å². The number of carbonyl (C=O) groups excluding carboxylic acids is 1. The Kier molecular flexibility index (Phi) is 5.00. The molecule has 0 saturated heterocycles. The molecule has 1 aromatic rings. The van der Waals surface area contributed by atoms with Crippen LogP contribution in [0.3, 0.4) is 0 Å². The van der Waals surface area contributed by atoms with E-state index in [1.165, 1.54) is 6.42 Å². The van der Waals surface area contributed by atoms with Crippen LogP contribution in [0.2, 0.25) is 0 Å². The second kappa shape index (κ2) is 6.95. The van der Waals surface area contributed by atoms with Crippen LogP contribution in [0.25, 0.3) is 0 Å². The monoisotopic (exact) mass is 273 g/mol. The summed E-state index contributed by atoms with van der Waals surface area (Å²) < 4.78 is 11.0. The van der Waals surface area contributed by atoms with Crippen molar-refractivity contribution in [1.82, 2.24) is 0 Å². The molecule has 1 aliphatic rings. The first kappa shape index (κ1) is 14.4. The topological polar surface area (TPSA) is 59.3 Å². The third-order valence-corrected chi connectivity index (χ3v) is 3.46. The third-order valence-electron chi connectivity index (χ3n) is 3.46. The van der Waals surface area contributed by atoms with Crippen LogP contribution in [-0.4, -0.2) is 18.2 Å². The van der Waals surface area contributed by atoms with Crippen molar-refractivity contribution in [3.63, 3.8) is 0 Å². The van der Waals surface area contributed by atoms with E-state index in [1.54, 1.807) is 31.2 Å². The third kappa shape index (κ3) is 3.99. The molecule has 1 atom stereocenters. The molecule has 0 bridgehead atoms. The molecule has 4 heteroatoms. The number of esters is 1. The molecule has 0 heterocycles. The Morgan fingerprint density at radius 3 is 2.50 bits per heavy atom. The van der Waals surface area contributed by atoms with Gasteiger partial charge in [-0.15, -0.1) is 0 Å². The normalized spacial score (nSPS) is 17.0. The van der Waals surface area contributed by atoms with Crippen LogP contribution in [0.15, 0.2) is 24.3 Å². The van der Waals surface area contributed by atoms with E-state index in [1.807, 2.05) is 6.07 Å². The first-order valence-electron chi connectivity index (χ1n) is 7.06. The highest BCUT2D eigenvalue weighted by Gasteiger charge is 2.22. The summed E-state index contributed by atoms with van der Waals surface area (Å²) >= 11 is 0. The molecule has 0 aromatic heterocycles. The molecule has 0 spiro atoms. The minimum absolute atomic E-state index is 0.0447. The van der Waals surface area contributed by atoms with E-state index in [9.17, 15) is 4.79 Å². The molecule has 1 saturated carbocycles. The lowest BCUT2D eigenvalue weighted by Gasteiger charge is -2.23. The van der Waals surface area contributed by atoms with Crippen LogP contribution < -0.4 is 4.74 Å². The van der Waals surface area contributed by atoms with Gasteiger partial charge in [-0.25, -0.2) is 4.79 Å². The molecule has 1 aliphatic carbocycles. The first-order chi connectivity index (χ1) is 9.69. The Labute approximate surface area is 119 Å². The van der Waals surface area contributed by atoms with Crippen molar-refractivity contribution in [2.24, 2.45) is 0 Å². The van der Waals surface area contributed by atoms with Crippen LogP contribution in [0, 0.1) is 11.3 Å². The zero-order valence-electron chi connectivity index (χ0n) is 11.7. The summed E-state index contributed by atoms with van der Waals surface area (Å²) in [7, 11) is 0. The molecule has 20 heavy (non-hydrogen) atoms. The summed E-state index contributed by atoms with van der Waals surface area (Å²) in [6.45, 7) is 1.68. The summed E-state index contributed by atoms with van der Waals surface area (Å²) in [5, 5.41) is 8.72. The quantitative estimate of drug-likeness (QED) is 0.790. The van der Waals surface area contributed by atoms with Crippen molar-refractivity contribution >= 4 is 5.97 Å². The van der Waals surface area contributed by atoms with Gasteiger partial charge in [0.2, 0.25) is 0 Å². The van der Waals surface area contributed by atoms with Gasteiger partial charge in [0, 0.05) is 0 Å². The first-order valence-corrected chi connectivity index (χ1v) is 7.06. The molecule has 0 radical (unpaired) electrons. The molecule has 0 amide bonds. The number of nitrogens with zero attached hydrogens (tertiary/aromatic N) is 1. The highest BCUT2D eigenvalue weighted by atomic mass is 16.6. The lowest BCUT2D eigenvalue weighted by molar-refractivity contribution is -0.158. The molecule has 1 fully saturated rings. The second-order valence-corrected chi connectivity index (χ2v) is 5.09. The molecule has 0 aliphatic heterocycles. The molecule has 0 N–H and O–H groups in total. The summed E-state index contributed by atoms with van der Waals surface area (Å²) in [5.74, 6) is 0.248. The van der Waals surface area contributed by atoms with Crippen molar-refractivity contribution in [2.45, 2.75) is 51.2 Å². The second-order valence-electron chi connectivity index (χ2n) is 5.09. The standard InChI is InChI=1S/C16H19NO3/c1-12(16(18)20-14-5-3-2-4-6-14)19-15-9-7-13(11-17)8-10-15/h7-10,12,14H,2-6H2,1H3. The maximum absolute atomic E-state index is 11.9. The molecule has 2 rings (SSSR count). The van der Waals surface area contributed by atoms with Crippen LogP contribution in [-0.2, 0) is 9.53 Å². The minimum Gasteiger partial charge on any atom is -0.479 e. The SMILES string of the molecule is CC(Oc1ccc(C#N)cc1)C(=O)OC1CCCCC1. The van der Waals surface area contributed by atoms with E-state index < -0.39 is 6.10 Å². The van der Waals surface area contributed by atoms with Gasteiger partial charge < -0.3 is 9.47 Å². The zero-order chi connectivity index (χ0) is 14.4. The van der Waals surface area contributed by atoms with Crippen molar-refractivity contribution in [3.8, 4) is 11.8 Å². The molecular formula is C16H19NO3. The number of benzene rings is 1. The maximum atomic E-state index is 11.9. The summed E-state index contributed by atoms with van der Waals surface area (Å²) in [6, 6.07) is 8.73.